The number of benzene rings is 2. The quantitative estimate of drug-likeness (QED) is 0.491. The molecule has 90 valence electrons. The number of hydrogen-bond donors (Lipinski definition) is 2. The van der Waals surface area contributed by atoms with E-state index in [1.54, 1.807) is 48.5 Å². The van der Waals surface area contributed by atoms with Crippen LogP contribution >= 0.6 is 0 Å². The highest BCUT2D eigenvalue weighted by molar-refractivity contribution is 6.25. The molecule has 0 aliphatic carbocycles. The first-order valence-corrected chi connectivity index (χ1v) is 5.54. The van der Waals surface area contributed by atoms with Gasteiger partial charge in [-0.15, -0.1) is 0 Å². The minimum Gasteiger partial charge on any atom is -0.506 e. The first kappa shape index (κ1) is 11.9. The molecule has 2 aromatic carbocycles. The molecule has 3 heteroatoms. The number of amides is 1. The summed E-state index contributed by atoms with van der Waals surface area (Å²) in [5.74, 6) is -0.753. The first-order valence-electron chi connectivity index (χ1n) is 5.54. The largest absolute Gasteiger partial charge is 0.506 e. The summed E-state index contributed by atoms with van der Waals surface area (Å²) in [4.78, 5) is 11.5. The highest BCUT2D eigenvalue weighted by Crippen LogP contribution is 2.23. The summed E-state index contributed by atoms with van der Waals surface area (Å²) >= 11 is 0. The van der Waals surface area contributed by atoms with Crippen LogP contribution in [0.25, 0.3) is 11.3 Å². The molecule has 0 atom stereocenters. The Balaban J connectivity index is 2.58. The van der Waals surface area contributed by atoms with Crippen LogP contribution in [0.2, 0.25) is 0 Å². The van der Waals surface area contributed by atoms with E-state index in [4.69, 9.17) is 5.73 Å². The summed E-state index contributed by atoms with van der Waals surface area (Å²) in [7, 11) is 0. The highest BCUT2D eigenvalue weighted by Gasteiger charge is 2.15. The molecule has 0 aliphatic rings. The summed E-state index contributed by atoms with van der Waals surface area (Å²) in [5, 5.41) is 10.2. The van der Waals surface area contributed by atoms with E-state index in [1.807, 2.05) is 12.1 Å². The first-order chi connectivity index (χ1) is 8.70. The van der Waals surface area contributed by atoms with Crippen molar-refractivity contribution in [1.82, 2.24) is 0 Å². The van der Waals surface area contributed by atoms with Crippen molar-refractivity contribution >= 4 is 17.2 Å². The fourth-order valence-electron chi connectivity index (χ4n) is 1.74. The van der Waals surface area contributed by atoms with Crippen LogP contribution < -0.4 is 5.73 Å². The van der Waals surface area contributed by atoms with Crippen LogP contribution in [-0.4, -0.2) is 11.0 Å². The number of carbonyl (C=O) groups excluding carboxylic acids is 1. The number of primary amides is 1. The van der Waals surface area contributed by atoms with Gasteiger partial charge in [0, 0.05) is 5.56 Å². The van der Waals surface area contributed by atoms with Gasteiger partial charge in [-0.1, -0.05) is 60.7 Å². The maximum Gasteiger partial charge on any atom is 0.253 e. The van der Waals surface area contributed by atoms with Crippen LogP contribution in [-0.2, 0) is 4.79 Å². The van der Waals surface area contributed by atoms with E-state index in [9.17, 15) is 9.90 Å². The third-order valence-electron chi connectivity index (χ3n) is 2.59. The molecule has 0 aromatic heterocycles. The van der Waals surface area contributed by atoms with E-state index >= 15 is 0 Å². The number of carbonyl (C=O) groups is 1. The molecule has 0 saturated carbocycles. The van der Waals surface area contributed by atoms with Crippen LogP contribution in [0.4, 0.5) is 0 Å². The van der Waals surface area contributed by atoms with E-state index in [-0.39, 0.29) is 11.3 Å². The van der Waals surface area contributed by atoms with E-state index < -0.39 is 5.91 Å². The Kier molecular flexibility index (Phi) is 3.44. The zero-order valence-electron chi connectivity index (χ0n) is 9.71. The van der Waals surface area contributed by atoms with Gasteiger partial charge in [-0.05, 0) is 5.56 Å². The van der Waals surface area contributed by atoms with Crippen LogP contribution in [0.1, 0.15) is 11.1 Å². The Hall–Kier alpha value is -2.55. The lowest BCUT2D eigenvalue weighted by Gasteiger charge is -2.08. The molecule has 0 spiro atoms. The molecule has 0 unspecified atom stereocenters. The number of rotatable bonds is 3. The lowest BCUT2D eigenvalue weighted by Crippen LogP contribution is -2.14. The number of aliphatic hydroxyl groups is 1. The molecule has 0 heterocycles. The van der Waals surface area contributed by atoms with E-state index in [0.717, 1.165) is 0 Å². The fourth-order valence-corrected chi connectivity index (χ4v) is 1.74. The lowest BCUT2D eigenvalue weighted by molar-refractivity contribution is -0.112. The lowest BCUT2D eigenvalue weighted by atomic mass is 10.0. The third kappa shape index (κ3) is 2.40. The Morgan fingerprint density at radius 1 is 0.833 bits per heavy atom. The molecule has 0 fully saturated rings. The SMILES string of the molecule is NC(=O)/C(=C(\O)c1ccccc1)c1ccccc1. The molecular weight excluding hydrogens is 226 g/mol. The predicted molar refractivity (Wildman–Crippen MR) is 71.5 cm³/mol. The second-order valence-corrected chi connectivity index (χ2v) is 3.82. The molecule has 1 amide bonds. The number of nitrogens with two attached hydrogens (primary N) is 1. The maximum atomic E-state index is 11.5. The molecule has 18 heavy (non-hydrogen) atoms. The number of hydrogen-bond acceptors (Lipinski definition) is 2. The van der Waals surface area contributed by atoms with Crippen LogP contribution in [0.3, 0.4) is 0 Å². The van der Waals surface area contributed by atoms with E-state index in [2.05, 4.69) is 0 Å². The van der Waals surface area contributed by atoms with Gasteiger partial charge in [0.1, 0.15) is 5.76 Å². The van der Waals surface area contributed by atoms with Gasteiger partial charge < -0.3 is 10.8 Å². The van der Waals surface area contributed by atoms with Crippen molar-refractivity contribution in [2.45, 2.75) is 0 Å². The van der Waals surface area contributed by atoms with Crippen molar-refractivity contribution in [2.75, 3.05) is 0 Å². The number of aliphatic hydroxyl groups excluding tert-OH is 1. The normalized spacial score (nSPS) is 11.8. The summed E-state index contributed by atoms with van der Waals surface area (Å²) in [6.07, 6.45) is 0. The van der Waals surface area contributed by atoms with Gasteiger partial charge >= 0.3 is 0 Å². The van der Waals surface area contributed by atoms with E-state index in [1.165, 1.54) is 0 Å². The van der Waals surface area contributed by atoms with Crippen molar-refractivity contribution in [2.24, 2.45) is 5.73 Å². The van der Waals surface area contributed by atoms with Crippen molar-refractivity contribution < 1.29 is 9.90 Å². The maximum absolute atomic E-state index is 11.5. The van der Waals surface area contributed by atoms with Crippen molar-refractivity contribution in [3.63, 3.8) is 0 Å². The fraction of sp³-hybridized carbons (Fsp3) is 0. The predicted octanol–water partition coefficient (Wildman–Crippen LogP) is 2.60. The molecule has 0 bridgehead atoms. The molecular formula is C15H13NO2. The molecule has 3 nitrogen and oxygen atoms in total. The summed E-state index contributed by atoms with van der Waals surface area (Å²) in [5.41, 5.74) is 6.64. The van der Waals surface area contributed by atoms with Gasteiger partial charge in [0.2, 0.25) is 0 Å². The molecule has 0 saturated heterocycles. The summed E-state index contributed by atoms with van der Waals surface area (Å²) in [6.45, 7) is 0. The molecule has 0 aliphatic heterocycles. The molecule has 2 aromatic rings. The van der Waals surface area contributed by atoms with Crippen molar-refractivity contribution in [1.29, 1.82) is 0 Å². The monoisotopic (exact) mass is 239 g/mol. The second kappa shape index (κ2) is 5.19. The Bertz CT molecular complexity index is 574. The highest BCUT2D eigenvalue weighted by atomic mass is 16.3. The minimum absolute atomic E-state index is 0.102. The minimum atomic E-state index is -0.650. The molecule has 2 rings (SSSR count). The van der Waals surface area contributed by atoms with Crippen LogP contribution in [0.15, 0.2) is 60.7 Å². The zero-order valence-corrected chi connectivity index (χ0v) is 9.71. The van der Waals surface area contributed by atoms with Gasteiger partial charge in [0.25, 0.3) is 5.91 Å². The van der Waals surface area contributed by atoms with Gasteiger partial charge in [-0.3, -0.25) is 4.79 Å². The van der Waals surface area contributed by atoms with Crippen molar-refractivity contribution in [3.05, 3.63) is 71.8 Å². The third-order valence-corrected chi connectivity index (χ3v) is 2.59. The molecule has 3 N–H and O–H groups in total. The van der Waals surface area contributed by atoms with Gasteiger partial charge in [0.15, 0.2) is 0 Å². The Morgan fingerprint density at radius 3 is 1.72 bits per heavy atom. The standard InChI is InChI=1S/C15H13NO2/c16-15(18)13(11-7-3-1-4-8-11)14(17)12-9-5-2-6-10-12/h1-10,17H,(H2,16,18)/b14-13-. The van der Waals surface area contributed by atoms with Crippen LogP contribution in [0.5, 0.6) is 0 Å². The smallest absolute Gasteiger partial charge is 0.253 e. The topological polar surface area (TPSA) is 63.3 Å². The summed E-state index contributed by atoms with van der Waals surface area (Å²) in [6, 6.07) is 17.7. The average molecular weight is 239 g/mol. The Labute approximate surface area is 105 Å². The van der Waals surface area contributed by atoms with Gasteiger partial charge in [-0.25, -0.2) is 0 Å². The Morgan fingerprint density at radius 2 is 1.28 bits per heavy atom. The second-order valence-electron chi connectivity index (χ2n) is 3.82. The van der Waals surface area contributed by atoms with Gasteiger partial charge in [-0.2, -0.15) is 0 Å². The van der Waals surface area contributed by atoms with Gasteiger partial charge in [0.05, 0.1) is 5.57 Å². The van der Waals surface area contributed by atoms with Crippen molar-refractivity contribution in [3.8, 4) is 0 Å². The zero-order chi connectivity index (χ0) is 13.0. The van der Waals surface area contributed by atoms with E-state index in [0.29, 0.717) is 11.1 Å². The average Bonchev–Trinajstić information content (AvgIpc) is 2.40. The molecule has 0 radical (unpaired) electrons. The summed E-state index contributed by atoms with van der Waals surface area (Å²) < 4.78 is 0. The van der Waals surface area contributed by atoms with Crippen LogP contribution in [0, 0.1) is 0 Å².